The minimum absolute atomic E-state index is 0.0359. The summed E-state index contributed by atoms with van der Waals surface area (Å²) in [5, 5.41) is 14.9. The first kappa shape index (κ1) is 37.4. The second-order valence-electron chi connectivity index (χ2n) is 14.0. The number of hydrogen-bond acceptors (Lipinski definition) is 7. The maximum absolute atomic E-state index is 14.2. The molecule has 0 bridgehead atoms. The lowest BCUT2D eigenvalue weighted by Crippen LogP contribution is -2.57. The highest BCUT2D eigenvalue weighted by atomic mass is 19.2. The molecule has 3 aliphatic heterocycles. The maximum Gasteiger partial charge on any atom is 0.257 e. The van der Waals surface area contributed by atoms with E-state index in [4.69, 9.17) is 9.47 Å². The van der Waals surface area contributed by atoms with Crippen molar-refractivity contribution in [1.82, 2.24) is 15.5 Å². The molecule has 284 valence electrons. The number of para-hydroxylation sites is 1. The molecule has 0 aromatic heterocycles. The van der Waals surface area contributed by atoms with Crippen molar-refractivity contribution in [3.63, 3.8) is 0 Å². The number of amides is 2. The second kappa shape index (κ2) is 15.5. The van der Waals surface area contributed by atoms with E-state index in [1.165, 1.54) is 0 Å². The van der Waals surface area contributed by atoms with E-state index in [0.29, 0.717) is 50.3 Å². The Morgan fingerprint density at radius 1 is 0.833 bits per heavy atom. The van der Waals surface area contributed by atoms with E-state index in [0.717, 1.165) is 16.8 Å². The van der Waals surface area contributed by atoms with Crippen LogP contribution in [0.2, 0.25) is 0 Å². The number of hydrogen-bond donors (Lipinski definition) is 3. The summed E-state index contributed by atoms with van der Waals surface area (Å²) in [6.45, 7) is 4.09. The van der Waals surface area contributed by atoms with Gasteiger partial charge in [0.1, 0.15) is 11.1 Å². The normalized spacial score (nSPS) is 22.7. The Balaban J connectivity index is 1.06. The van der Waals surface area contributed by atoms with Crippen molar-refractivity contribution in [1.29, 1.82) is 0 Å². The predicted molar refractivity (Wildman–Crippen MR) is 187 cm³/mol. The summed E-state index contributed by atoms with van der Waals surface area (Å²) < 4.78 is 82.3. The molecule has 3 aliphatic rings. The Bertz CT molecular complexity index is 1970. The monoisotopic (exact) mass is 750 g/mol. The molecule has 4 aromatic rings. The third-order valence-electron chi connectivity index (χ3n) is 10.8. The molecule has 1 spiro atoms. The van der Waals surface area contributed by atoms with Crippen molar-refractivity contribution >= 4 is 17.5 Å². The van der Waals surface area contributed by atoms with Crippen LogP contribution in [0.15, 0.2) is 78.9 Å². The van der Waals surface area contributed by atoms with Crippen LogP contribution in [0.4, 0.5) is 27.6 Å². The number of likely N-dealkylation sites (tertiary alicyclic amines) is 1. The van der Waals surface area contributed by atoms with Crippen molar-refractivity contribution in [3.05, 3.63) is 136 Å². The predicted octanol–water partition coefficient (Wildman–Crippen LogP) is 6.02. The number of aliphatic hydroxyl groups is 1. The molecule has 0 saturated carbocycles. The van der Waals surface area contributed by atoms with Gasteiger partial charge >= 0.3 is 0 Å². The Morgan fingerprint density at radius 2 is 1.43 bits per heavy atom. The highest BCUT2D eigenvalue weighted by Gasteiger charge is 2.51. The first-order valence-electron chi connectivity index (χ1n) is 17.7. The Morgan fingerprint density at radius 3 is 2.06 bits per heavy atom. The third kappa shape index (κ3) is 7.06. The highest BCUT2D eigenvalue weighted by molar-refractivity contribution is 5.95. The summed E-state index contributed by atoms with van der Waals surface area (Å²) in [5.41, 5.74) is 1.61. The number of nitrogens with one attached hydrogen (secondary N) is 2. The summed E-state index contributed by atoms with van der Waals surface area (Å²) in [6.07, 6.45) is -0.196. The molecule has 0 unspecified atom stereocenters. The van der Waals surface area contributed by atoms with Gasteiger partial charge < -0.3 is 35.0 Å². The van der Waals surface area contributed by atoms with Crippen LogP contribution in [-0.4, -0.2) is 59.8 Å². The van der Waals surface area contributed by atoms with Crippen LogP contribution in [0.5, 0.6) is 0 Å². The minimum atomic E-state index is -2.34. The number of halogens is 5. The lowest BCUT2D eigenvalue weighted by atomic mass is 9.84. The Labute approximate surface area is 308 Å². The smallest absolute Gasteiger partial charge is 0.257 e. The molecule has 2 amide bonds. The molecule has 4 aromatic carbocycles. The van der Waals surface area contributed by atoms with Gasteiger partial charge in [0, 0.05) is 43.3 Å². The van der Waals surface area contributed by atoms with Gasteiger partial charge in [-0.25, -0.2) is 22.0 Å². The fraction of sp³-hybridized carbons (Fsp3) is 0.350. The van der Waals surface area contributed by atoms with Crippen LogP contribution in [0.1, 0.15) is 64.8 Å². The molecule has 9 nitrogen and oxygen atoms in total. The van der Waals surface area contributed by atoms with E-state index in [9.17, 15) is 36.6 Å². The van der Waals surface area contributed by atoms with Gasteiger partial charge in [-0.3, -0.25) is 9.59 Å². The number of anilines is 1. The largest absolute Gasteiger partial charge is 0.392 e. The summed E-state index contributed by atoms with van der Waals surface area (Å²) in [7, 11) is 0. The highest BCUT2D eigenvalue weighted by Crippen LogP contribution is 2.43. The van der Waals surface area contributed by atoms with Gasteiger partial charge in [0.2, 0.25) is 11.7 Å². The first-order chi connectivity index (χ1) is 26.0. The molecule has 14 heteroatoms. The summed E-state index contributed by atoms with van der Waals surface area (Å²) in [6, 6.07) is 24.1. The Kier molecular flexibility index (Phi) is 10.7. The van der Waals surface area contributed by atoms with Crippen molar-refractivity contribution in [2.75, 3.05) is 31.2 Å². The van der Waals surface area contributed by atoms with Crippen LogP contribution in [0.3, 0.4) is 0 Å². The van der Waals surface area contributed by atoms with Crippen LogP contribution in [-0.2, 0) is 27.4 Å². The first-order valence-corrected chi connectivity index (χ1v) is 17.7. The molecule has 0 radical (unpaired) electrons. The van der Waals surface area contributed by atoms with Crippen LogP contribution in [0.25, 0.3) is 0 Å². The van der Waals surface area contributed by atoms with E-state index in [2.05, 4.69) is 27.4 Å². The zero-order chi connectivity index (χ0) is 38.1. The molecule has 54 heavy (non-hydrogen) atoms. The quantitative estimate of drug-likeness (QED) is 0.109. The molecule has 3 N–H and O–H groups in total. The van der Waals surface area contributed by atoms with Crippen molar-refractivity contribution in [2.45, 2.75) is 57.0 Å². The fourth-order valence-corrected chi connectivity index (χ4v) is 7.59. The number of aliphatic hydroxyl groups excluding tert-OH is 1. The lowest BCUT2D eigenvalue weighted by Gasteiger charge is -2.46. The zero-order valence-electron chi connectivity index (χ0n) is 29.3. The minimum Gasteiger partial charge on any atom is -0.392 e. The number of nitrogens with zero attached hydrogens (tertiary/aromatic N) is 2. The molecule has 3 saturated heterocycles. The van der Waals surface area contributed by atoms with E-state index < -0.39 is 52.4 Å². The maximum atomic E-state index is 14.2. The number of rotatable bonds is 9. The Hall–Kier alpha value is -4.89. The average Bonchev–Trinajstić information content (AvgIpc) is 3.51. The lowest BCUT2D eigenvalue weighted by molar-refractivity contribution is -0.276. The summed E-state index contributed by atoms with van der Waals surface area (Å²) in [5.74, 6) is -12.7. The number of piperidine rings is 1. The van der Waals surface area contributed by atoms with Crippen molar-refractivity contribution in [3.8, 4) is 0 Å². The summed E-state index contributed by atoms with van der Waals surface area (Å²) in [4.78, 5) is 30.2. The van der Waals surface area contributed by atoms with Gasteiger partial charge in [0.15, 0.2) is 29.6 Å². The number of ether oxygens (including phenoxy) is 2. The van der Waals surface area contributed by atoms with Crippen molar-refractivity contribution < 1.29 is 46.1 Å². The van der Waals surface area contributed by atoms with E-state index in [1.807, 2.05) is 54.6 Å². The average molecular weight is 751 g/mol. The molecular formula is C40H39F5N4O5. The van der Waals surface area contributed by atoms with E-state index in [-0.39, 0.29) is 37.2 Å². The van der Waals surface area contributed by atoms with Gasteiger partial charge in [-0.2, -0.15) is 0 Å². The van der Waals surface area contributed by atoms with Crippen molar-refractivity contribution in [2.24, 2.45) is 5.92 Å². The number of benzene rings is 4. The van der Waals surface area contributed by atoms with Gasteiger partial charge in [0.25, 0.3) is 5.91 Å². The van der Waals surface area contributed by atoms with E-state index in [1.54, 1.807) is 24.3 Å². The molecular weight excluding hydrogens is 711 g/mol. The molecule has 4 atom stereocenters. The standard InChI is InChI=1S/C40H39F5N4O5/c1-23-29(20-48-17-15-40(16-18-48)39(52)47-22-49(40)28-5-3-2-4-6-28)53-38(54-36(23)26-11-9-25(21-50)10-12-26)27-13-7-24(8-14-27)19-46-37(51)30-31(41)33(43)35(45)34(44)32(30)42/h2-14,23,29,36,38,50H,15-22H2,1H3,(H,46,51)(H,47,52)/t23-,29+,36+,38+/m0/s1. The van der Waals surface area contributed by atoms with Gasteiger partial charge in [-0.15, -0.1) is 0 Å². The fourth-order valence-electron chi connectivity index (χ4n) is 7.59. The number of carbonyl (C=O) groups excluding carboxylic acids is 2. The topological polar surface area (TPSA) is 103 Å². The van der Waals surface area contributed by atoms with Gasteiger partial charge in [0.05, 0.1) is 25.5 Å². The SMILES string of the molecule is C[C@H]1[C@@H](CN2CCC3(CC2)C(=O)NCN3c2ccccc2)O[C@@H](c2ccc(CNC(=O)c3c(F)c(F)c(F)c(F)c3F)cc2)O[C@H]1c1ccc(CO)cc1. The summed E-state index contributed by atoms with van der Waals surface area (Å²) >= 11 is 0. The zero-order valence-corrected chi connectivity index (χ0v) is 29.3. The van der Waals surface area contributed by atoms with Crippen LogP contribution < -0.4 is 15.5 Å². The van der Waals surface area contributed by atoms with Crippen LogP contribution in [0, 0.1) is 35.0 Å². The molecule has 0 aliphatic carbocycles. The second-order valence-corrected chi connectivity index (χ2v) is 14.0. The molecule has 3 heterocycles. The van der Waals surface area contributed by atoms with Gasteiger partial charge in [-0.05, 0) is 41.7 Å². The molecule has 7 rings (SSSR count). The van der Waals surface area contributed by atoms with Crippen LogP contribution >= 0.6 is 0 Å². The number of carbonyl (C=O) groups is 2. The van der Waals surface area contributed by atoms with E-state index >= 15 is 0 Å². The third-order valence-corrected chi connectivity index (χ3v) is 10.8. The molecule has 3 fully saturated rings. The van der Waals surface area contributed by atoms with Gasteiger partial charge in [-0.1, -0.05) is 73.7 Å².